The molecule has 134 valence electrons. The van der Waals surface area contributed by atoms with Crippen LogP contribution in [0.3, 0.4) is 0 Å². The minimum Gasteiger partial charge on any atom is -0.399 e. The maximum absolute atomic E-state index is 13.3. The van der Waals surface area contributed by atoms with Crippen molar-refractivity contribution >= 4 is 17.3 Å². The Morgan fingerprint density at radius 1 is 1.12 bits per heavy atom. The third-order valence-corrected chi connectivity index (χ3v) is 4.80. The van der Waals surface area contributed by atoms with Gasteiger partial charge in [-0.15, -0.1) is 0 Å². The molecule has 1 amide bonds. The van der Waals surface area contributed by atoms with Gasteiger partial charge in [-0.2, -0.15) is 0 Å². The first-order valence-electron chi connectivity index (χ1n) is 9.17. The molecule has 4 heteroatoms. The molecule has 1 saturated heterocycles. The average Bonchev–Trinajstić information content (AvgIpc) is 2.46. The first-order valence-corrected chi connectivity index (χ1v) is 9.17. The number of rotatable bonds is 4. The van der Waals surface area contributed by atoms with E-state index in [9.17, 15) is 4.79 Å². The summed E-state index contributed by atoms with van der Waals surface area (Å²) in [7, 11) is 0. The fourth-order valence-electron chi connectivity index (χ4n) is 4.10. The van der Waals surface area contributed by atoms with Gasteiger partial charge >= 0.3 is 0 Å². The number of anilines is 2. The second-order valence-electron chi connectivity index (χ2n) is 8.03. The standard InChI is InChI=1S/C20H33N3O/c1-13(2)23(14(3)4)19-8-7-17(21)10-18(19)20(24)22-11-15(5)9-16(6)12-22/h7-8,10,13-16H,9,11-12,21H2,1-6H3/t15-,16+. The molecule has 1 heterocycles. The van der Waals surface area contributed by atoms with E-state index in [1.807, 2.05) is 23.1 Å². The van der Waals surface area contributed by atoms with Crippen molar-refractivity contribution in [1.29, 1.82) is 0 Å². The zero-order valence-electron chi connectivity index (χ0n) is 16.0. The summed E-state index contributed by atoms with van der Waals surface area (Å²) in [5.41, 5.74) is 8.38. The van der Waals surface area contributed by atoms with Crippen LogP contribution in [-0.2, 0) is 0 Å². The Bertz CT molecular complexity index is 564. The Hall–Kier alpha value is -1.71. The Morgan fingerprint density at radius 3 is 2.17 bits per heavy atom. The van der Waals surface area contributed by atoms with Gasteiger partial charge < -0.3 is 15.5 Å². The van der Waals surface area contributed by atoms with Gasteiger partial charge in [0.15, 0.2) is 0 Å². The number of piperidine rings is 1. The van der Waals surface area contributed by atoms with Gasteiger partial charge in [0.05, 0.1) is 11.3 Å². The molecule has 0 spiro atoms. The van der Waals surface area contributed by atoms with E-state index >= 15 is 0 Å². The van der Waals surface area contributed by atoms with E-state index in [4.69, 9.17) is 5.73 Å². The van der Waals surface area contributed by atoms with Crippen LogP contribution in [0, 0.1) is 11.8 Å². The minimum absolute atomic E-state index is 0.113. The lowest BCUT2D eigenvalue weighted by molar-refractivity contribution is 0.0623. The van der Waals surface area contributed by atoms with Crippen molar-refractivity contribution in [3.05, 3.63) is 23.8 Å². The Balaban J connectivity index is 2.41. The molecule has 0 aromatic heterocycles. The number of amides is 1. The average molecular weight is 332 g/mol. The van der Waals surface area contributed by atoms with Gasteiger partial charge in [0.25, 0.3) is 5.91 Å². The highest BCUT2D eigenvalue weighted by Gasteiger charge is 2.29. The summed E-state index contributed by atoms with van der Waals surface area (Å²) in [6.07, 6.45) is 1.19. The van der Waals surface area contributed by atoms with Gasteiger partial charge in [-0.1, -0.05) is 13.8 Å². The van der Waals surface area contributed by atoms with Crippen LogP contribution in [0.2, 0.25) is 0 Å². The number of hydrogen-bond acceptors (Lipinski definition) is 3. The second kappa shape index (κ2) is 7.45. The van der Waals surface area contributed by atoms with E-state index < -0.39 is 0 Å². The summed E-state index contributed by atoms with van der Waals surface area (Å²) in [5.74, 6) is 1.21. The lowest BCUT2D eigenvalue weighted by Crippen LogP contribution is -2.44. The Kier molecular flexibility index (Phi) is 5.79. The smallest absolute Gasteiger partial charge is 0.256 e. The van der Waals surface area contributed by atoms with Crippen molar-refractivity contribution in [3.8, 4) is 0 Å². The minimum atomic E-state index is 0.113. The molecular formula is C20H33N3O. The molecular weight excluding hydrogens is 298 g/mol. The monoisotopic (exact) mass is 331 g/mol. The number of carbonyl (C=O) groups excluding carboxylic acids is 1. The highest BCUT2D eigenvalue weighted by molar-refractivity contribution is 6.01. The SMILES string of the molecule is CC(C)N(c1ccc(N)cc1C(=O)N1C[C@H](C)C[C@H](C)C1)C(C)C. The quantitative estimate of drug-likeness (QED) is 0.848. The van der Waals surface area contributed by atoms with Crippen LogP contribution in [0.5, 0.6) is 0 Å². The summed E-state index contributed by atoms with van der Waals surface area (Å²) in [4.78, 5) is 17.6. The maximum Gasteiger partial charge on any atom is 0.256 e. The molecule has 0 saturated carbocycles. The van der Waals surface area contributed by atoms with E-state index in [0.29, 0.717) is 29.6 Å². The first kappa shape index (κ1) is 18.6. The fraction of sp³-hybridized carbons (Fsp3) is 0.650. The summed E-state index contributed by atoms with van der Waals surface area (Å²) in [6.45, 7) is 14.8. The number of nitrogen functional groups attached to an aromatic ring is 1. The summed E-state index contributed by atoms with van der Waals surface area (Å²) >= 11 is 0. The van der Waals surface area contributed by atoms with Crippen LogP contribution in [0.15, 0.2) is 18.2 Å². The van der Waals surface area contributed by atoms with Crippen LogP contribution in [0.4, 0.5) is 11.4 Å². The van der Waals surface area contributed by atoms with Crippen molar-refractivity contribution in [2.24, 2.45) is 11.8 Å². The van der Waals surface area contributed by atoms with E-state index in [0.717, 1.165) is 24.3 Å². The molecule has 0 unspecified atom stereocenters. The number of carbonyl (C=O) groups is 1. The maximum atomic E-state index is 13.3. The lowest BCUT2D eigenvalue weighted by atomic mass is 9.91. The fourth-order valence-corrected chi connectivity index (χ4v) is 4.10. The van der Waals surface area contributed by atoms with Gasteiger partial charge in [0.1, 0.15) is 0 Å². The van der Waals surface area contributed by atoms with Crippen LogP contribution in [0.25, 0.3) is 0 Å². The van der Waals surface area contributed by atoms with Crippen LogP contribution >= 0.6 is 0 Å². The molecule has 1 aliphatic rings. The Labute approximate surface area is 147 Å². The zero-order valence-corrected chi connectivity index (χ0v) is 16.0. The first-order chi connectivity index (χ1) is 11.2. The number of benzene rings is 1. The molecule has 1 aliphatic heterocycles. The van der Waals surface area contributed by atoms with Crippen molar-refractivity contribution in [2.75, 3.05) is 23.7 Å². The number of nitrogens with two attached hydrogens (primary N) is 1. The van der Waals surface area contributed by atoms with Crippen LogP contribution < -0.4 is 10.6 Å². The predicted molar refractivity (Wildman–Crippen MR) is 102 cm³/mol. The third kappa shape index (κ3) is 4.03. The van der Waals surface area contributed by atoms with Crippen LogP contribution in [0.1, 0.15) is 58.3 Å². The molecule has 4 nitrogen and oxygen atoms in total. The van der Waals surface area contributed by atoms with E-state index in [1.165, 1.54) is 6.42 Å². The Morgan fingerprint density at radius 2 is 1.67 bits per heavy atom. The van der Waals surface area contributed by atoms with E-state index in [2.05, 4.69) is 46.4 Å². The molecule has 0 aliphatic carbocycles. The van der Waals surface area contributed by atoms with Crippen molar-refractivity contribution in [2.45, 2.75) is 60.0 Å². The molecule has 2 rings (SSSR count). The molecule has 1 fully saturated rings. The second-order valence-corrected chi connectivity index (χ2v) is 8.03. The van der Waals surface area contributed by atoms with Gasteiger partial charge in [-0.3, -0.25) is 4.79 Å². The highest BCUT2D eigenvalue weighted by atomic mass is 16.2. The molecule has 24 heavy (non-hydrogen) atoms. The zero-order chi connectivity index (χ0) is 18.0. The summed E-state index contributed by atoms with van der Waals surface area (Å²) in [5, 5.41) is 0. The van der Waals surface area contributed by atoms with E-state index in [1.54, 1.807) is 0 Å². The predicted octanol–water partition coefficient (Wildman–Crippen LogP) is 4.01. The molecule has 0 radical (unpaired) electrons. The summed E-state index contributed by atoms with van der Waals surface area (Å²) < 4.78 is 0. The lowest BCUT2D eigenvalue weighted by Gasteiger charge is -2.38. The molecule has 1 aromatic rings. The van der Waals surface area contributed by atoms with Gasteiger partial charge in [0.2, 0.25) is 0 Å². The number of likely N-dealkylation sites (tertiary alicyclic amines) is 1. The van der Waals surface area contributed by atoms with E-state index in [-0.39, 0.29) is 5.91 Å². The molecule has 2 atom stereocenters. The van der Waals surface area contributed by atoms with Crippen molar-refractivity contribution in [1.82, 2.24) is 4.90 Å². The van der Waals surface area contributed by atoms with Gasteiger partial charge in [0, 0.05) is 30.9 Å². The molecule has 1 aromatic carbocycles. The van der Waals surface area contributed by atoms with Gasteiger partial charge in [-0.05, 0) is 64.2 Å². The van der Waals surface area contributed by atoms with Gasteiger partial charge in [-0.25, -0.2) is 0 Å². The summed E-state index contributed by atoms with van der Waals surface area (Å²) in [6, 6.07) is 6.38. The molecule has 2 N–H and O–H groups in total. The largest absolute Gasteiger partial charge is 0.399 e. The number of nitrogens with zero attached hydrogens (tertiary/aromatic N) is 2. The number of hydrogen-bond donors (Lipinski definition) is 1. The van der Waals surface area contributed by atoms with Crippen molar-refractivity contribution < 1.29 is 4.79 Å². The third-order valence-electron chi connectivity index (χ3n) is 4.80. The highest BCUT2D eigenvalue weighted by Crippen LogP contribution is 2.30. The van der Waals surface area contributed by atoms with Crippen LogP contribution in [-0.4, -0.2) is 36.0 Å². The topological polar surface area (TPSA) is 49.6 Å². The normalized spacial score (nSPS) is 21.4. The molecule has 0 bridgehead atoms. The van der Waals surface area contributed by atoms with Crippen molar-refractivity contribution in [3.63, 3.8) is 0 Å².